The fourth-order valence-corrected chi connectivity index (χ4v) is 1.23. The van der Waals surface area contributed by atoms with Gasteiger partial charge in [-0.3, -0.25) is 9.98 Å². The summed E-state index contributed by atoms with van der Waals surface area (Å²) in [6.45, 7) is 7.24. The van der Waals surface area contributed by atoms with E-state index < -0.39 is 0 Å². The second-order valence-electron chi connectivity index (χ2n) is 3.34. The van der Waals surface area contributed by atoms with Gasteiger partial charge in [0.25, 0.3) is 0 Å². The van der Waals surface area contributed by atoms with Crippen LogP contribution < -0.4 is 16.0 Å². The number of nitrogens with zero attached hydrogens (tertiary/aromatic N) is 2. The van der Waals surface area contributed by atoms with E-state index in [1.165, 1.54) is 0 Å². The fraction of sp³-hybridized carbons (Fsp3) is 0.800. The van der Waals surface area contributed by atoms with Gasteiger partial charge < -0.3 is 16.0 Å². The predicted octanol–water partition coefficient (Wildman–Crippen LogP) is -1.09. The van der Waals surface area contributed by atoms with Crippen LogP contribution in [-0.2, 0) is 0 Å². The van der Waals surface area contributed by atoms with Gasteiger partial charge in [0.1, 0.15) is 0 Å². The Labute approximate surface area is 91.5 Å². The molecule has 0 radical (unpaired) electrons. The molecule has 3 N–H and O–H groups in total. The van der Waals surface area contributed by atoms with Crippen LogP contribution in [-0.4, -0.2) is 64.8 Å². The van der Waals surface area contributed by atoms with E-state index in [2.05, 4.69) is 25.9 Å². The highest BCUT2D eigenvalue weighted by molar-refractivity contribution is 5.60. The van der Waals surface area contributed by atoms with Gasteiger partial charge in [0.2, 0.25) is 0 Å². The molecule has 0 amide bonds. The van der Waals surface area contributed by atoms with Crippen LogP contribution in [0.2, 0.25) is 0 Å². The lowest BCUT2D eigenvalue weighted by Gasteiger charge is -2.02. The van der Waals surface area contributed by atoms with Crippen molar-refractivity contribution < 1.29 is 0 Å². The smallest absolute Gasteiger partial charge is 0.0511 e. The predicted molar refractivity (Wildman–Crippen MR) is 65.3 cm³/mol. The van der Waals surface area contributed by atoms with Crippen molar-refractivity contribution in [3.05, 3.63) is 0 Å². The monoisotopic (exact) mass is 211 g/mol. The van der Waals surface area contributed by atoms with Crippen molar-refractivity contribution >= 4 is 12.4 Å². The molecule has 0 aromatic carbocycles. The van der Waals surface area contributed by atoms with E-state index in [1.54, 1.807) is 0 Å². The van der Waals surface area contributed by atoms with Gasteiger partial charge in [-0.15, -0.1) is 0 Å². The molecule has 1 heterocycles. The van der Waals surface area contributed by atoms with Gasteiger partial charge in [0.15, 0.2) is 0 Å². The van der Waals surface area contributed by atoms with Crippen molar-refractivity contribution in [3.63, 3.8) is 0 Å². The molecule has 0 atom stereocenters. The van der Waals surface area contributed by atoms with Crippen LogP contribution in [0.15, 0.2) is 9.98 Å². The summed E-state index contributed by atoms with van der Waals surface area (Å²) in [7, 11) is 0. The minimum atomic E-state index is 0.841. The third-order valence-corrected chi connectivity index (χ3v) is 2.04. The Bertz CT molecular complexity index is 170. The van der Waals surface area contributed by atoms with Crippen LogP contribution in [0.3, 0.4) is 0 Å². The van der Waals surface area contributed by atoms with E-state index in [1.807, 2.05) is 12.4 Å². The summed E-state index contributed by atoms with van der Waals surface area (Å²) in [6, 6.07) is 0. The van der Waals surface area contributed by atoms with Crippen molar-refractivity contribution in [1.29, 1.82) is 0 Å². The number of rotatable bonds is 0. The van der Waals surface area contributed by atoms with Gasteiger partial charge >= 0.3 is 0 Å². The molecule has 0 fully saturated rings. The van der Waals surface area contributed by atoms with Gasteiger partial charge in [0.05, 0.1) is 13.1 Å². The van der Waals surface area contributed by atoms with Gasteiger partial charge in [-0.2, -0.15) is 0 Å². The summed E-state index contributed by atoms with van der Waals surface area (Å²) in [5.74, 6) is 0. The minimum absolute atomic E-state index is 0.841. The lowest BCUT2D eigenvalue weighted by Crippen LogP contribution is -2.29. The van der Waals surface area contributed by atoms with E-state index in [0.717, 1.165) is 52.4 Å². The summed E-state index contributed by atoms with van der Waals surface area (Å²) >= 11 is 0. The van der Waals surface area contributed by atoms with Crippen LogP contribution >= 0.6 is 0 Å². The first-order valence-electron chi connectivity index (χ1n) is 5.59. The molecule has 0 unspecified atom stereocenters. The summed E-state index contributed by atoms with van der Waals surface area (Å²) in [4.78, 5) is 8.54. The molecule has 15 heavy (non-hydrogen) atoms. The standard InChI is InChI=1S/C10H21N5/c1-2-12-5-6-14-9-10-15-8-7-13-4-3-11-1/h1,8,12-14H,2-7,9-10H2. The normalized spacial score (nSPS) is 21.9. The molecular formula is C10H21N5. The van der Waals surface area contributed by atoms with Gasteiger partial charge in [-0.1, -0.05) is 0 Å². The second kappa shape index (κ2) is 9.76. The molecule has 5 heteroatoms. The third-order valence-electron chi connectivity index (χ3n) is 2.04. The highest BCUT2D eigenvalue weighted by atomic mass is 15.0. The maximum absolute atomic E-state index is 4.27. The van der Waals surface area contributed by atoms with Gasteiger partial charge in [-0.05, 0) is 0 Å². The topological polar surface area (TPSA) is 60.8 Å². The quantitative estimate of drug-likeness (QED) is 0.477. The zero-order valence-electron chi connectivity index (χ0n) is 9.21. The van der Waals surface area contributed by atoms with Crippen LogP contribution in [0.25, 0.3) is 0 Å². The second-order valence-corrected chi connectivity index (χ2v) is 3.34. The molecule has 0 saturated heterocycles. The Morgan fingerprint density at radius 1 is 0.667 bits per heavy atom. The first-order valence-corrected chi connectivity index (χ1v) is 5.59. The lowest BCUT2D eigenvalue weighted by molar-refractivity contribution is 0.646. The number of hydrogen-bond donors (Lipinski definition) is 3. The Balaban J connectivity index is 2.15. The SMILES string of the molecule is C1=NCCNCC=NCCNCCNC1. The summed E-state index contributed by atoms with van der Waals surface area (Å²) in [5.41, 5.74) is 0. The first kappa shape index (κ1) is 12.3. The van der Waals surface area contributed by atoms with Crippen molar-refractivity contribution in [3.8, 4) is 0 Å². The van der Waals surface area contributed by atoms with E-state index >= 15 is 0 Å². The van der Waals surface area contributed by atoms with Crippen molar-refractivity contribution in [2.75, 3.05) is 52.4 Å². The minimum Gasteiger partial charge on any atom is -0.314 e. The van der Waals surface area contributed by atoms with Gasteiger partial charge in [-0.25, -0.2) is 0 Å². The summed E-state index contributed by atoms with van der Waals surface area (Å²) in [6.07, 6.45) is 3.87. The largest absolute Gasteiger partial charge is 0.314 e. The zero-order chi connectivity index (χ0) is 10.6. The first-order chi connectivity index (χ1) is 7.50. The molecule has 0 aliphatic carbocycles. The van der Waals surface area contributed by atoms with E-state index in [9.17, 15) is 0 Å². The number of hydrogen-bond acceptors (Lipinski definition) is 5. The molecule has 1 aliphatic heterocycles. The molecule has 1 rings (SSSR count). The van der Waals surface area contributed by atoms with Crippen LogP contribution in [0.4, 0.5) is 0 Å². The molecule has 86 valence electrons. The van der Waals surface area contributed by atoms with Crippen molar-refractivity contribution in [2.24, 2.45) is 9.98 Å². The average molecular weight is 211 g/mol. The maximum Gasteiger partial charge on any atom is 0.0511 e. The Morgan fingerprint density at radius 3 is 1.93 bits per heavy atom. The number of aliphatic imine (C=N–C) groups is 2. The fourth-order valence-electron chi connectivity index (χ4n) is 1.23. The molecule has 0 aromatic rings. The maximum atomic E-state index is 4.27. The van der Waals surface area contributed by atoms with E-state index in [4.69, 9.17) is 0 Å². The Kier molecular flexibility index (Phi) is 8.00. The molecule has 0 aromatic heterocycles. The van der Waals surface area contributed by atoms with Crippen molar-refractivity contribution in [1.82, 2.24) is 16.0 Å². The Morgan fingerprint density at radius 2 is 1.20 bits per heavy atom. The van der Waals surface area contributed by atoms with Crippen LogP contribution in [0.1, 0.15) is 0 Å². The van der Waals surface area contributed by atoms with Crippen LogP contribution in [0.5, 0.6) is 0 Å². The Hall–Kier alpha value is -0.780. The summed E-state index contributed by atoms with van der Waals surface area (Å²) < 4.78 is 0. The van der Waals surface area contributed by atoms with Crippen molar-refractivity contribution in [2.45, 2.75) is 0 Å². The number of nitrogens with one attached hydrogen (secondary N) is 3. The zero-order valence-corrected chi connectivity index (χ0v) is 9.21. The third kappa shape index (κ3) is 8.23. The molecule has 0 saturated carbocycles. The molecule has 5 nitrogen and oxygen atoms in total. The van der Waals surface area contributed by atoms with Gasteiger partial charge in [0, 0.05) is 51.7 Å². The molecule has 1 aliphatic rings. The highest BCUT2D eigenvalue weighted by Gasteiger charge is 1.87. The van der Waals surface area contributed by atoms with E-state index in [-0.39, 0.29) is 0 Å². The summed E-state index contributed by atoms with van der Waals surface area (Å²) in [5, 5.41) is 9.85. The molecule has 0 bridgehead atoms. The van der Waals surface area contributed by atoms with E-state index in [0.29, 0.717) is 0 Å². The molecular weight excluding hydrogens is 190 g/mol. The lowest BCUT2D eigenvalue weighted by atomic mass is 10.5. The average Bonchev–Trinajstić information content (AvgIpc) is 2.27. The van der Waals surface area contributed by atoms with Crippen LogP contribution in [0, 0.1) is 0 Å². The molecule has 0 spiro atoms. The highest BCUT2D eigenvalue weighted by Crippen LogP contribution is 1.70.